The Morgan fingerprint density at radius 3 is 1.95 bits per heavy atom. The highest BCUT2D eigenvalue weighted by Gasteiger charge is 2.36. The molecule has 2 heterocycles. The number of alkyl halides is 7. The molecule has 0 bridgehead atoms. The Labute approximate surface area is 327 Å². The molecule has 2 aromatic heterocycles. The first-order valence-corrected chi connectivity index (χ1v) is 18.5. The van der Waals surface area contributed by atoms with Crippen LogP contribution >= 0.6 is 0 Å². The highest BCUT2D eigenvalue weighted by Crippen LogP contribution is 2.39. The first-order chi connectivity index (χ1) is 26.4. The topological polar surface area (TPSA) is 113 Å². The van der Waals surface area contributed by atoms with Crippen LogP contribution in [0.4, 0.5) is 40.8 Å². The van der Waals surface area contributed by atoms with Crippen LogP contribution in [0, 0.1) is 19.7 Å². The second-order valence-corrected chi connectivity index (χ2v) is 12.5. The normalized spacial score (nSPS) is 12.5. The molecule has 2 atom stereocenters. The van der Waals surface area contributed by atoms with Crippen LogP contribution in [0.3, 0.4) is 0 Å². The standard InChI is InChI=1S/C35H34F8N4O4.3C2H6/c1-7-25(34(5,39)40)44-19-12-16(2)27(23(36)15-19)30(48)45-24(32(50)51)14-18-8-9-21(29-20(18)10-11-26(46-29)35(41,42)43)28-22(33(4,37)38)13-17(3)47(6)31(28)49;3*1-2/h8-13,15,24-25,44H,7,14H2,1-6H3,(H,45,48)(H,50,51);3*1-2H3/t24-,25+;;;/m0.../s1. The molecular weight excluding hydrogens is 764 g/mol. The summed E-state index contributed by atoms with van der Waals surface area (Å²) in [6.07, 6.45) is -5.60. The van der Waals surface area contributed by atoms with Crippen molar-refractivity contribution >= 4 is 28.5 Å². The van der Waals surface area contributed by atoms with E-state index < -0.39 is 87.7 Å². The van der Waals surface area contributed by atoms with E-state index in [1.165, 1.54) is 40.0 Å². The fourth-order valence-electron chi connectivity index (χ4n) is 5.80. The second-order valence-electron chi connectivity index (χ2n) is 12.5. The monoisotopic (exact) mass is 816 g/mol. The number of nitrogens with zero attached hydrogens (tertiary/aromatic N) is 2. The Balaban J connectivity index is 0.00000258. The number of rotatable bonds is 11. The molecule has 0 spiro atoms. The molecule has 316 valence electrons. The maximum atomic E-state index is 15.2. The van der Waals surface area contributed by atoms with Crippen LogP contribution in [-0.4, -0.2) is 44.5 Å². The Bertz CT molecular complexity index is 2050. The molecule has 0 aliphatic rings. The Morgan fingerprint density at radius 2 is 1.47 bits per heavy atom. The van der Waals surface area contributed by atoms with Gasteiger partial charge in [0.05, 0.1) is 22.7 Å². The van der Waals surface area contributed by atoms with Gasteiger partial charge in [-0.2, -0.15) is 13.2 Å². The van der Waals surface area contributed by atoms with Gasteiger partial charge in [-0.05, 0) is 55.7 Å². The van der Waals surface area contributed by atoms with E-state index in [1.807, 2.05) is 41.5 Å². The average molecular weight is 817 g/mol. The summed E-state index contributed by atoms with van der Waals surface area (Å²) in [5, 5.41) is 14.6. The zero-order chi connectivity index (χ0) is 44.4. The summed E-state index contributed by atoms with van der Waals surface area (Å²) in [4.78, 5) is 42.6. The molecule has 3 N–H and O–H groups in total. The second kappa shape index (κ2) is 20.4. The first kappa shape index (κ1) is 50.0. The number of hydrogen-bond acceptors (Lipinski definition) is 5. The molecule has 2 aromatic carbocycles. The molecule has 1 amide bonds. The van der Waals surface area contributed by atoms with Crippen molar-refractivity contribution in [1.82, 2.24) is 14.9 Å². The number of aromatic nitrogens is 2. The van der Waals surface area contributed by atoms with E-state index >= 15 is 4.39 Å². The Morgan fingerprint density at radius 1 is 0.895 bits per heavy atom. The van der Waals surface area contributed by atoms with Gasteiger partial charge in [0.25, 0.3) is 23.3 Å². The summed E-state index contributed by atoms with van der Waals surface area (Å²) in [6.45, 7) is 17.4. The number of carboxylic acids is 1. The number of halogens is 8. The van der Waals surface area contributed by atoms with Gasteiger partial charge in [-0.25, -0.2) is 31.7 Å². The summed E-state index contributed by atoms with van der Waals surface area (Å²) in [5.74, 6) is -10.7. The van der Waals surface area contributed by atoms with Crippen LogP contribution < -0.4 is 16.2 Å². The van der Waals surface area contributed by atoms with E-state index in [1.54, 1.807) is 0 Å². The van der Waals surface area contributed by atoms with Crippen molar-refractivity contribution in [2.45, 2.75) is 119 Å². The largest absolute Gasteiger partial charge is 0.480 e. The van der Waals surface area contributed by atoms with Gasteiger partial charge in [0.2, 0.25) is 0 Å². The van der Waals surface area contributed by atoms with Gasteiger partial charge in [0.15, 0.2) is 0 Å². The summed E-state index contributed by atoms with van der Waals surface area (Å²) in [5.41, 5.74) is -5.13. The molecule has 0 fully saturated rings. The smallest absolute Gasteiger partial charge is 0.433 e. The lowest BCUT2D eigenvalue weighted by Crippen LogP contribution is -2.43. The van der Waals surface area contributed by atoms with Gasteiger partial charge in [-0.1, -0.05) is 66.7 Å². The van der Waals surface area contributed by atoms with E-state index in [2.05, 4.69) is 15.6 Å². The van der Waals surface area contributed by atoms with E-state index in [4.69, 9.17) is 0 Å². The number of hydrogen-bond donors (Lipinski definition) is 3. The van der Waals surface area contributed by atoms with Crippen molar-refractivity contribution in [3.63, 3.8) is 0 Å². The summed E-state index contributed by atoms with van der Waals surface area (Å²) < 4.78 is 115. The average Bonchev–Trinajstić information content (AvgIpc) is 3.13. The van der Waals surface area contributed by atoms with E-state index in [-0.39, 0.29) is 39.9 Å². The fraction of sp³-hybridized carbons (Fsp3) is 0.463. The number of pyridine rings is 2. The number of benzene rings is 2. The van der Waals surface area contributed by atoms with Crippen molar-refractivity contribution in [2.75, 3.05) is 5.32 Å². The zero-order valence-corrected chi connectivity index (χ0v) is 34.2. The maximum Gasteiger partial charge on any atom is 0.433 e. The van der Waals surface area contributed by atoms with E-state index in [0.29, 0.717) is 19.9 Å². The molecule has 8 nitrogen and oxygen atoms in total. The predicted octanol–water partition coefficient (Wildman–Crippen LogP) is 10.8. The molecule has 16 heteroatoms. The number of aliphatic carboxylic acids is 1. The number of carbonyl (C=O) groups is 2. The highest BCUT2D eigenvalue weighted by molar-refractivity contribution is 5.99. The van der Waals surface area contributed by atoms with Crippen molar-refractivity contribution < 1.29 is 49.8 Å². The fourth-order valence-corrected chi connectivity index (χ4v) is 5.80. The molecule has 0 radical (unpaired) electrons. The van der Waals surface area contributed by atoms with E-state index in [0.717, 1.165) is 28.8 Å². The summed E-state index contributed by atoms with van der Waals surface area (Å²) in [7, 11) is 1.30. The third-order valence-corrected chi connectivity index (χ3v) is 8.55. The minimum absolute atomic E-state index is 0.000683. The number of amides is 1. The van der Waals surface area contributed by atoms with Crippen LogP contribution in [0.25, 0.3) is 22.0 Å². The lowest BCUT2D eigenvalue weighted by Gasteiger charge is -2.25. The van der Waals surface area contributed by atoms with Crippen molar-refractivity contribution in [1.29, 1.82) is 0 Å². The first-order valence-electron chi connectivity index (χ1n) is 18.5. The SMILES string of the molecule is CC.CC.CC.CC[C@@H](Nc1cc(C)c(C(=O)N[C@@H](Cc2ccc(-c3c(C(C)(F)F)cc(C)n(C)c3=O)c3nc(C(F)(F)F)ccc23)C(=O)O)c(F)c1)C(C)(F)F. The van der Waals surface area contributed by atoms with Crippen LogP contribution in [-0.2, 0) is 30.4 Å². The minimum atomic E-state index is -4.99. The van der Waals surface area contributed by atoms with Gasteiger partial charge in [-0.3, -0.25) is 9.59 Å². The third kappa shape index (κ3) is 12.0. The van der Waals surface area contributed by atoms with Gasteiger partial charge in [0.1, 0.15) is 17.6 Å². The number of carbonyl (C=O) groups excluding carboxylic acids is 1. The highest BCUT2D eigenvalue weighted by atomic mass is 19.4. The quantitative estimate of drug-likeness (QED) is 0.130. The van der Waals surface area contributed by atoms with Crippen molar-refractivity contribution in [3.8, 4) is 11.1 Å². The van der Waals surface area contributed by atoms with Crippen LogP contribution in [0.1, 0.15) is 107 Å². The molecule has 4 rings (SSSR count). The van der Waals surface area contributed by atoms with Crippen LogP contribution in [0.15, 0.2) is 47.3 Å². The van der Waals surface area contributed by atoms with Crippen molar-refractivity contribution in [3.05, 3.63) is 92.3 Å². The number of anilines is 1. The van der Waals surface area contributed by atoms with Gasteiger partial charge >= 0.3 is 12.1 Å². The summed E-state index contributed by atoms with van der Waals surface area (Å²) >= 11 is 0. The zero-order valence-electron chi connectivity index (χ0n) is 34.2. The third-order valence-electron chi connectivity index (χ3n) is 8.55. The molecule has 4 aromatic rings. The van der Waals surface area contributed by atoms with Gasteiger partial charge in [-0.15, -0.1) is 0 Å². The van der Waals surface area contributed by atoms with Crippen LogP contribution in [0.2, 0.25) is 0 Å². The maximum absolute atomic E-state index is 15.2. The molecule has 0 saturated carbocycles. The Hall–Kier alpha value is -5.02. The van der Waals surface area contributed by atoms with Gasteiger partial charge < -0.3 is 20.3 Å². The molecule has 0 aliphatic heterocycles. The van der Waals surface area contributed by atoms with E-state index in [9.17, 15) is 50.2 Å². The lowest BCUT2D eigenvalue weighted by molar-refractivity contribution is -0.141. The molecule has 0 saturated heterocycles. The molecule has 0 unspecified atom stereocenters. The summed E-state index contributed by atoms with van der Waals surface area (Å²) in [6, 6.07) is 3.76. The molecule has 57 heavy (non-hydrogen) atoms. The lowest BCUT2D eigenvalue weighted by atomic mass is 9.91. The minimum Gasteiger partial charge on any atom is -0.480 e. The number of nitrogens with one attached hydrogen (secondary N) is 2. The van der Waals surface area contributed by atoms with Crippen molar-refractivity contribution in [2.24, 2.45) is 7.05 Å². The molecular formula is C41H52F8N4O4. The Kier molecular flexibility index (Phi) is 17.9. The molecule has 0 aliphatic carbocycles. The predicted molar refractivity (Wildman–Crippen MR) is 208 cm³/mol. The van der Waals surface area contributed by atoms with Gasteiger partial charge in [0, 0.05) is 55.2 Å². The van der Waals surface area contributed by atoms with Crippen LogP contribution in [0.5, 0.6) is 0 Å². The number of carboxylic acid groups (broad SMARTS) is 1. The number of aryl methyl sites for hydroxylation is 2. The number of fused-ring (bicyclic) bond motifs is 1.